The van der Waals surface area contributed by atoms with Gasteiger partial charge in [-0.2, -0.15) is 5.26 Å². The van der Waals surface area contributed by atoms with Gasteiger partial charge >= 0.3 is 0 Å². The van der Waals surface area contributed by atoms with Gasteiger partial charge in [0.2, 0.25) is 0 Å². The SMILES string of the molecule is CCCCCCCCCCCCOc1ccc(C#Cc2ccc3c(c2)Cc2cc(C#Cc4ccc(C#N)cc4)ccc2-3)cc1OCCCCCCCCCCCC. The molecule has 57 heavy (non-hydrogen) atoms. The summed E-state index contributed by atoms with van der Waals surface area (Å²) in [7, 11) is 0. The number of benzene rings is 4. The highest BCUT2D eigenvalue weighted by atomic mass is 16.5. The van der Waals surface area contributed by atoms with Gasteiger partial charge in [-0.05, 0) is 108 Å². The molecule has 1 aliphatic rings. The van der Waals surface area contributed by atoms with Crippen molar-refractivity contribution in [2.45, 2.75) is 149 Å². The molecule has 5 rings (SSSR count). The van der Waals surface area contributed by atoms with Crippen LogP contribution in [0.4, 0.5) is 0 Å². The molecule has 0 fully saturated rings. The molecular weight excluding hydrogens is 695 g/mol. The minimum absolute atomic E-state index is 0.644. The lowest BCUT2D eigenvalue weighted by Crippen LogP contribution is -2.03. The van der Waals surface area contributed by atoms with Crippen molar-refractivity contribution < 1.29 is 9.47 Å². The van der Waals surface area contributed by atoms with Crippen molar-refractivity contribution in [2.24, 2.45) is 0 Å². The van der Waals surface area contributed by atoms with Crippen LogP contribution in [-0.2, 0) is 6.42 Å². The molecule has 0 unspecified atom stereocenters. The van der Waals surface area contributed by atoms with E-state index in [1.807, 2.05) is 12.1 Å². The average molecular weight is 760 g/mol. The van der Waals surface area contributed by atoms with Crippen LogP contribution in [0.3, 0.4) is 0 Å². The molecule has 0 N–H and O–H groups in total. The van der Waals surface area contributed by atoms with Gasteiger partial charge in [0, 0.05) is 22.3 Å². The zero-order valence-electron chi connectivity index (χ0n) is 35.0. The van der Waals surface area contributed by atoms with Crippen LogP contribution in [0.1, 0.15) is 181 Å². The van der Waals surface area contributed by atoms with Crippen LogP contribution < -0.4 is 9.47 Å². The first kappa shape index (κ1) is 43.2. The van der Waals surface area contributed by atoms with E-state index in [2.05, 4.69) is 98.2 Å². The third-order valence-corrected chi connectivity index (χ3v) is 11.1. The number of ether oxygens (including phenoxy) is 2. The number of nitrogens with zero attached hydrogens (tertiary/aromatic N) is 1. The largest absolute Gasteiger partial charge is 0.490 e. The van der Waals surface area contributed by atoms with Crippen molar-refractivity contribution >= 4 is 0 Å². The molecule has 0 heterocycles. The fraction of sp³-hybridized carbons (Fsp3) is 0.463. The van der Waals surface area contributed by atoms with Crippen molar-refractivity contribution in [1.29, 1.82) is 5.26 Å². The average Bonchev–Trinajstić information content (AvgIpc) is 3.61. The summed E-state index contributed by atoms with van der Waals surface area (Å²) in [4.78, 5) is 0. The quantitative estimate of drug-likeness (QED) is 0.0465. The van der Waals surface area contributed by atoms with E-state index in [0.717, 1.165) is 59.6 Å². The summed E-state index contributed by atoms with van der Waals surface area (Å²) in [6, 6.07) is 28.8. The summed E-state index contributed by atoms with van der Waals surface area (Å²) in [5.41, 5.74) is 9.62. The highest BCUT2D eigenvalue weighted by molar-refractivity contribution is 5.78. The van der Waals surface area contributed by atoms with Crippen LogP contribution >= 0.6 is 0 Å². The van der Waals surface area contributed by atoms with Crippen LogP contribution in [0, 0.1) is 35.0 Å². The Morgan fingerprint density at radius 3 is 1.25 bits per heavy atom. The molecule has 0 amide bonds. The van der Waals surface area contributed by atoms with E-state index in [0.29, 0.717) is 12.2 Å². The third kappa shape index (κ3) is 15.2. The van der Waals surface area contributed by atoms with Gasteiger partial charge in [-0.3, -0.25) is 0 Å². The van der Waals surface area contributed by atoms with Gasteiger partial charge in [0.05, 0.1) is 24.8 Å². The molecule has 3 nitrogen and oxygen atoms in total. The second kappa shape index (κ2) is 25.4. The number of fused-ring (bicyclic) bond motifs is 3. The number of hydrogen-bond donors (Lipinski definition) is 0. The van der Waals surface area contributed by atoms with Crippen molar-refractivity contribution in [3.05, 3.63) is 118 Å². The smallest absolute Gasteiger partial charge is 0.162 e. The Labute approximate surface area is 345 Å². The molecule has 0 saturated carbocycles. The Kier molecular flexibility index (Phi) is 19.2. The van der Waals surface area contributed by atoms with E-state index in [1.165, 1.54) is 138 Å². The summed E-state index contributed by atoms with van der Waals surface area (Å²) < 4.78 is 12.7. The van der Waals surface area contributed by atoms with Gasteiger partial charge in [0.25, 0.3) is 0 Å². The van der Waals surface area contributed by atoms with Crippen LogP contribution in [0.25, 0.3) is 11.1 Å². The highest BCUT2D eigenvalue weighted by Gasteiger charge is 2.18. The van der Waals surface area contributed by atoms with E-state index >= 15 is 0 Å². The summed E-state index contributed by atoms with van der Waals surface area (Å²) in [5.74, 6) is 15.0. The monoisotopic (exact) mass is 760 g/mol. The predicted octanol–water partition coefficient (Wildman–Crippen LogP) is 14.5. The number of rotatable bonds is 24. The van der Waals surface area contributed by atoms with Crippen molar-refractivity contribution in [3.63, 3.8) is 0 Å². The summed E-state index contributed by atoms with van der Waals surface area (Å²) in [6.07, 6.45) is 27.1. The number of hydrogen-bond acceptors (Lipinski definition) is 3. The lowest BCUT2D eigenvalue weighted by atomic mass is 10.0. The lowest BCUT2D eigenvalue weighted by Gasteiger charge is -2.13. The molecule has 298 valence electrons. The molecule has 0 radical (unpaired) electrons. The fourth-order valence-corrected chi connectivity index (χ4v) is 7.64. The van der Waals surface area contributed by atoms with E-state index < -0.39 is 0 Å². The van der Waals surface area contributed by atoms with Crippen molar-refractivity contribution in [1.82, 2.24) is 0 Å². The van der Waals surface area contributed by atoms with Gasteiger partial charge in [0.15, 0.2) is 11.5 Å². The maximum atomic E-state index is 9.06. The van der Waals surface area contributed by atoms with Crippen molar-refractivity contribution in [2.75, 3.05) is 13.2 Å². The van der Waals surface area contributed by atoms with Crippen LogP contribution in [0.15, 0.2) is 78.9 Å². The molecule has 0 saturated heterocycles. The molecule has 4 aromatic rings. The van der Waals surface area contributed by atoms with E-state index in [4.69, 9.17) is 14.7 Å². The minimum atomic E-state index is 0.644. The molecule has 0 bridgehead atoms. The molecule has 4 aromatic carbocycles. The van der Waals surface area contributed by atoms with Gasteiger partial charge in [-0.15, -0.1) is 0 Å². The minimum Gasteiger partial charge on any atom is -0.490 e. The molecule has 0 aliphatic heterocycles. The first-order chi connectivity index (χ1) is 28.2. The Balaban J connectivity index is 1.15. The molecule has 1 aliphatic carbocycles. The Morgan fingerprint density at radius 2 is 0.772 bits per heavy atom. The zero-order chi connectivity index (χ0) is 39.8. The third-order valence-electron chi connectivity index (χ3n) is 11.1. The Bertz CT molecular complexity index is 1980. The summed E-state index contributed by atoms with van der Waals surface area (Å²) in [6.45, 7) is 5.99. The molecule has 0 atom stereocenters. The highest BCUT2D eigenvalue weighted by Crippen LogP contribution is 2.37. The standard InChI is InChI=1S/C54H65NO2/c1-3-5-7-9-11-13-15-17-19-21-37-56-53-36-33-47(41-54(53)57-38-22-20-18-16-14-12-10-8-6-4-2)28-27-46-32-35-52-50(40-46)42-49-39-45(31-34-51(49)52)26-23-44-24-29-48(43-55)30-25-44/h24-25,29-36,39-41H,3-22,37-38,42H2,1-2H3. The normalized spacial score (nSPS) is 11.1. The first-order valence-corrected chi connectivity index (χ1v) is 22.4. The summed E-state index contributed by atoms with van der Waals surface area (Å²) in [5, 5.41) is 9.06. The van der Waals surface area contributed by atoms with Gasteiger partial charge in [-0.1, -0.05) is 165 Å². The zero-order valence-corrected chi connectivity index (χ0v) is 35.0. The second-order valence-corrected chi connectivity index (χ2v) is 15.8. The number of nitriles is 1. The molecular formula is C54H65NO2. The maximum Gasteiger partial charge on any atom is 0.162 e. The molecule has 3 heteroatoms. The second-order valence-electron chi connectivity index (χ2n) is 15.8. The van der Waals surface area contributed by atoms with Gasteiger partial charge < -0.3 is 9.47 Å². The van der Waals surface area contributed by atoms with E-state index in [9.17, 15) is 0 Å². The van der Waals surface area contributed by atoms with Crippen LogP contribution in [0.2, 0.25) is 0 Å². The first-order valence-electron chi connectivity index (χ1n) is 22.4. The van der Waals surface area contributed by atoms with Crippen LogP contribution in [0.5, 0.6) is 11.5 Å². The van der Waals surface area contributed by atoms with Gasteiger partial charge in [-0.25, -0.2) is 0 Å². The van der Waals surface area contributed by atoms with E-state index in [1.54, 1.807) is 12.1 Å². The number of unbranched alkanes of at least 4 members (excludes halogenated alkanes) is 18. The topological polar surface area (TPSA) is 42.2 Å². The molecule has 0 aromatic heterocycles. The van der Waals surface area contributed by atoms with Crippen LogP contribution in [-0.4, -0.2) is 13.2 Å². The maximum absolute atomic E-state index is 9.06. The Hall–Kier alpha value is -4.91. The predicted molar refractivity (Wildman–Crippen MR) is 239 cm³/mol. The fourth-order valence-electron chi connectivity index (χ4n) is 7.64. The Morgan fingerprint density at radius 1 is 0.404 bits per heavy atom. The molecule has 0 spiro atoms. The van der Waals surface area contributed by atoms with Crippen molar-refractivity contribution in [3.8, 4) is 52.4 Å². The summed E-state index contributed by atoms with van der Waals surface area (Å²) >= 11 is 0. The van der Waals surface area contributed by atoms with E-state index in [-0.39, 0.29) is 0 Å². The van der Waals surface area contributed by atoms with Gasteiger partial charge in [0.1, 0.15) is 0 Å². The lowest BCUT2D eigenvalue weighted by molar-refractivity contribution is 0.258.